The monoisotopic (exact) mass is 491 g/mol. The Morgan fingerprint density at radius 1 is 1.06 bits per heavy atom. The molecule has 9 heteroatoms. The smallest absolute Gasteiger partial charge is 0.244 e. The zero-order valence-corrected chi connectivity index (χ0v) is 21.4. The highest BCUT2D eigenvalue weighted by Gasteiger charge is 2.31. The second-order valence-corrected chi connectivity index (χ2v) is 10.6. The summed E-state index contributed by atoms with van der Waals surface area (Å²) in [5, 5.41) is 2.87. The van der Waals surface area contributed by atoms with E-state index < -0.39 is 34.3 Å². The molecule has 0 bridgehead atoms. The van der Waals surface area contributed by atoms with E-state index in [1.165, 1.54) is 29.2 Å². The summed E-state index contributed by atoms with van der Waals surface area (Å²) in [6.45, 7) is 8.57. The van der Waals surface area contributed by atoms with Crippen molar-refractivity contribution in [3.63, 3.8) is 0 Å². The van der Waals surface area contributed by atoms with Crippen molar-refractivity contribution >= 4 is 27.5 Å². The summed E-state index contributed by atoms with van der Waals surface area (Å²) >= 11 is 0. The number of carbonyl (C=O) groups is 2. The van der Waals surface area contributed by atoms with Gasteiger partial charge in [-0.2, -0.15) is 0 Å². The van der Waals surface area contributed by atoms with E-state index in [4.69, 9.17) is 0 Å². The number of carbonyl (C=O) groups excluding carboxylic acids is 2. The highest BCUT2D eigenvalue weighted by atomic mass is 32.2. The Bertz CT molecular complexity index is 1120. The lowest BCUT2D eigenvalue weighted by Crippen LogP contribution is -2.52. The summed E-state index contributed by atoms with van der Waals surface area (Å²) in [5.41, 5.74) is 2.59. The van der Waals surface area contributed by atoms with Crippen LogP contribution >= 0.6 is 0 Å². The molecule has 2 amide bonds. The van der Waals surface area contributed by atoms with Gasteiger partial charge in [0.2, 0.25) is 21.8 Å². The van der Waals surface area contributed by atoms with Crippen LogP contribution in [0.25, 0.3) is 0 Å². The molecule has 2 aromatic rings. The van der Waals surface area contributed by atoms with Crippen LogP contribution in [0.3, 0.4) is 0 Å². The van der Waals surface area contributed by atoms with Crippen molar-refractivity contribution in [3.05, 3.63) is 65.0 Å². The number of anilines is 1. The first kappa shape index (κ1) is 27.3. The van der Waals surface area contributed by atoms with Gasteiger partial charge in [-0.15, -0.1) is 0 Å². The van der Waals surface area contributed by atoms with E-state index in [1.54, 1.807) is 26.0 Å². The van der Waals surface area contributed by atoms with Gasteiger partial charge in [-0.05, 0) is 69.0 Å². The van der Waals surface area contributed by atoms with Crippen molar-refractivity contribution in [2.24, 2.45) is 0 Å². The largest absolute Gasteiger partial charge is 0.352 e. The van der Waals surface area contributed by atoms with Crippen molar-refractivity contribution in [2.75, 3.05) is 17.1 Å². The lowest BCUT2D eigenvalue weighted by atomic mass is 10.1. The van der Waals surface area contributed by atoms with Gasteiger partial charge in [-0.1, -0.05) is 31.2 Å². The molecule has 0 radical (unpaired) electrons. The number of nitrogens with zero attached hydrogens (tertiary/aromatic N) is 2. The van der Waals surface area contributed by atoms with E-state index in [0.29, 0.717) is 16.8 Å². The Balaban J connectivity index is 2.42. The Morgan fingerprint density at radius 3 is 2.24 bits per heavy atom. The number of halogens is 1. The molecular formula is C25H34FN3O4S. The first-order chi connectivity index (χ1) is 15.8. The van der Waals surface area contributed by atoms with E-state index in [9.17, 15) is 22.4 Å². The molecular weight excluding hydrogens is 457 g/mol. The highest BCUT2D eigenvalue weighted by Crippen LogP contribution is 2.24. The van der Waals surface area contributed by atoms with Gasteiger partial charge < -0.3 is 10.2 Å². The summed E-state index contributed by atoms with van der Waals surface area (Å²) < 4.78 is 39.8. The molecule has 1 N–H and O–H groups in total. The van der Waals surface area contributed by atoms with Crippen LogP contribution in [-0.4, -0.2) is 50.0 Å². The van der Waals surface area contributed by atoms with Gasteiger partial charge in [0.25, 0.3) is 0 Å². The van der Waals surface area contributed by atoms with Crippen molar-refractivity contribution in [1.82, 2.24) is 10.2 Å². The summed E-state index contributed by atoms with van der Waals surface area (Å²) in [5.74, 6) is -1.30. The molecule has 0 aromatic heterocycles. The van der Waals surface area contributed by atoms with Crippen molar-refractivity contribution in [1.29, 1.82) is 0 Å². The number of nitrogens with one attached hydrogen (secondary N) is 1. The number of aryl methyl sites for hydroxylation is 2. The standard InChI is InChI=1S/C25H34FN3O4S/c1-7-19(4)27-25(31)20(5)28(15-21-10-12-22(26)13-11-21)24(30)16-29(34(6,32)33)23-14-17(2)8-9-18(23)3/h8-14,19-20H,7,15-16H2,1-6H3,(H,27,31)/t19-,20-/m0/s1. The maximum Gasteiger partial charge on any atom is 0.244 e. The third kappa shape index (κ3) is 7.28. The van der Waals surface area contributed by atoms with Crippen LogP contribution in [0.4, 0.5) is 10.1 Å². The van der Waals surface area contributed by atoms with Gasteiger partial charge >= 0.3 is 0 Å². The van der Waals surface area contributed by atoms with E-state index in [-0.39, 0.29) is 18.5 Å². The zero-order chi connectivity index (χ0) is 25.6. The predicted molar refractivity (Wildman–Crippen MR) is 132 cm³/mol. The molecule has 186 valence electrons. The Kier molecular flexibility index (Phi) is 9.21. The average Bonchev–Trinajstić information content (AvgIpc) is 2.77. The lowest BCUT2D eigenvalue weighted by molar-refractivity contribution is -0.139. The molecule has 0 fully saturated rings. The van der Waals surface area contributed by atoms with Crippen molar-refractivity contribution in [2.45, 2.75) is 59.7 Å². The summed E-state index contributed by atoms with van der Waals surface area (Å²) in [7, 11) is -3.80. The van der Waals surface area contributed by atoms with E-state index >= 15 is 0 Å². The van der Waals surface area contributed by atoms with Gasteiger partial charge in [0, 0.05) is 12.6 Å². The summed E-state index contributed by atoms with van der Waals surface area (Å²) in [4.78, 5) is 27.7. The second kappa shape index (κ2) is 11.5. The fourth-order valence-electron chi connectivity index (χ4n) is 3.42. The molecule has 0 unspecified atom stereocenters. The number of rotatable bonds is 10. The van der Waals surface area contributed by atoms with Crippen molar-refractivity contribution in [3.8, 4) is 0 Å². The van der Waals surface area contributed by atoms with Crippen LogP contribution in [-0.2, 0) is 26.2 Å². The number of hydrogen-bond acceptors (Lipinski definition) is 4. The van der Waals surface area contributed by atoms with Crippen LogP contribution in [0.1, 0.15) is 43.9 Å². The zero-order valence-electron chi connectivity index (χ0n) is 20.6. The second-order valence-electron chi connectivity index (χ2n) is 8.70. The fraction of sp³-hybridized carbons (Fsp3) is 0.440. The normalized spacial score (nSPS) is 13.1. The number of sulfonamides is 1. The Morgan fingerprint density at radius 2 is 1.68 bits per heavy atom. The highest BCUT2D eigenvalue weighted by molar-refractivity contribution is 7.92. The van der Waals surface area contributed by atoms with Gasteiger partial charge in [-0.25, -0.2) is 12.8 Å². The van der Waals surface area contributed by atoms with Crippen LogP contribution in [0.2, 0.25) is 0 Å². The number of hydrogen-bond donors (Lipinski definition) is 1. The predicted octanol–water partition coefficient (Wildman–Crippen LogP) is 3.54. The minimum Gasteiger partial charge on any atom is -0.352 e. The molecule has 0 saturated carbocycles. The summed E-state index contributed by atoms with van der Waals surface area (Å²) in [6.07, 6.45) is 1.77. The fourth-order valence-corrected chi connectivity index (χ4v) is 4.32. The third-order valence-electron chi connectivity index (χ3n) is 5.75. The maximum atomic E-state index is 13.5. The number of amides is 2. The molecule has 7 nitrogen and oxygen atoms in total. The molecule has 0 aliphatic rings. The summed E-state index contributed by atoms with van der Waals surface area (Å²) in [6, 6.07) is 10.1. The molecule has 34 heavy (non-hydrogen) atoms. The quantitative estimate of drug-likeness (QED) is 0.551. The SMILES string of the molecule is CC[C@H](C)NC(=O)[C@H](C)N(Cc1ccc(F)cc1)C(=O)CN(c1cc(C)ccc1C)S(C)(=O)=O. The Hall–Kier alpha value is -2.94. The number of benzene rings is 2. The Labute approximate surface area is 202 Å². The van der Waals surface area contributed by atoms with Gasteiger partial charge in [-0.3, -0.25) is 13.9 Å². The van der Waals surface area contributed by atoms with E-state index in [1.807, 2.05) is 26.8 Å². The topological polar surface area (TPSA) is 86.8 Å². The van der Waals surface area contributed by atoms with Gasteiger partial charge in [0.1, 0.15) is 18.4 Å². The first-order valence-corrected chi connectivity index (χ1v) is 13.1. The van der Waals surface area contributed by atoms with Gasteiger partial charge in [0.05, 0.1) is 11.9 Å². The van der Waals surface area contributed by atoms with E-state index in [2.05, 4.69) is 5.32 Å². The third-order valence-corrected chi connectivity index (χ3v) is 6.87. The van der Waals surface area contributed by atoms with Crippen LogP contribution in [0.15, 0.2) is 42.5 Å². The molecule has 2 aromatic carbocycles. The molecule has 2 rings (SSSR count). The molecule has 0 spiro atoms. The van der Waals surface area contributed by atoms with Gasteiger partial charge in [0.15, 0.2) is 0 Å². The molecule has 0 heterocycles. The van der Waals surface area contributed by atoms with Crippen molar-refractivity contribution < 1.29 is 22.4 Å². The first-order valence-electron chi connectivity index (χ1n) is 11.2. The molecule has 0 saturated heterocycles. The maximum absolute atomic E-state index is 13.5. The lowest BCUT2D eigenvalue weighted by Gasteiger charge is -2.32. The molecule has 0 aliphatic heterocycles. The minimum absolute atomic E-state index is 0.0264. The van der Waals surface area contributed by atoms with Crippen LogP contribution in [0, 0.1) is 19.7 Å². The van der Waals surface area contributed by atoms with E-state index in [0.717, 1.165) is 22.5 Å². The van der Waals surface area contributed by atoms with Crippen LogP contribution in [0.5, 0.6) is 0 Å². The minimum atomic E-state index is -3.80. The van der Waals surface area contributed by atoms with Crippen LogP contribution < -0.4 is 9.62 Å². The average molecular weight is 492 g/mol. The molecule has 0 aliphatic carbocycles. The molecule has 2 atom stereocenters.